The van der Waals surface area contributed by atoms with Crippen molar-refractivity contribution in [3.63, 3.8) is 0 Å². The Morgan fingerprint density at radius 1 is 1.25 bits per heavy atom. The summed E-state index contributed by atoms with van der Waals surface area (Å²) in [6, 6.07) is 10.1. The molecule has 5 nitrogen and oxygen atoms in total. The lowest BCUT2D eigenvalue weighted by atomic mass is 10.1. The third-order valence-electron chi connectivity index (χ3n) is 2.46. The zero-order valence-corrected chi connectivity index (χ0v) is 8.93. The fourth-order valence-electron chi connectivity index (χ4n) is 1.56. The number of nitrogens with zero attached hydrogens (tertiary/aromatic N) is 2. The van der Waals surface area contributed by atoms with Gasteiger partial charge < -0.3 is 11.5 Å². The first-order chi connectivity index (χ1) is 7.75. The van der Waals surface area contributed by atoms with E-state index in [2.05, 4.69) is 27.3 Å². The van der Waals surface area contributed by atoms with E-state index < -0.39 is 0 Å². The lowest BCUT2D eigenvalue weighted by molar-refractivity contribution is 0.615. The van der Waals surface area contributed by atoms with Crippen LogP contribution >= 0.6 is 0 Å². The Kier molecular flexibility index (Phi) is 3.16. The van der Waals surface area contributed by atoms with Crippen LogP contribution in [-0.4, -0.2) is 15.2 Å². The van der Waals surface area contributed by atoms with Gasteiger partial charge in [0.25, 0.3) is 0 Å². The smallest absolute Gasteiger partial charge is 0.239 e. The first-order valence-electron chi connectivity index (χ1n) is 5.23. The number of hydrogen-bond donors (Lipinski definition) is 3. The first kappa shape index (κ1) is 10.6. The molecule has 1 unspecified atom stereocenters. The topological polar surface area (TPSA) is 93.6 Å². The van der Waals surface area contributed by atoms with Gasteiger partial charge >= 0.3 is 0 Å². The minimum Gasteiger partial charge on any atom is -0.367 e. The predicted octanol–water partition coefficient (Wildman–Crippen LogP) is 1.02. The predicted molar refractivity (Wildman–Crippen MR) is 62.5 cm³/mol. The van der Waals surface area contributed by atoms with Crippen LogP contribution in [-0.2, 0) is 6.42 Å². The summed E-state index contributed by atoms with van der Waals surface area (Å²) in [5.74, 6) is 0.888. The molecule has 1 atom stereocenters. The summed E-state index contributed by atoms with van der Waals surface area (Å²) >= 11 is 0. The van der Waals surface area contributed by atoms with Crippen molar-refractivity contribution in [2.24, 2.45) is 5.73 Å². The van der Waals surface area contributed by atoms with E-state index in [4.69, 9.17) is 11.5 Å². The molecule has 1 heterocycles. The SMILES string of the molecule is Nc1n[nH]c(C(N)CCc2ccccc2)n1. The summed E-state index contributed by atoms with van der Waals surface area (Å²) in [5.41, 5.74) is 12.7. The van der Waals surface area contributed by atoms with Gasteiger partial charge in [0.2, 0.25) is 5.95 Å². The molecule has 0 fully saturated rings. The first-order valence-corrected chi connectivity index (χ1v) is 5.23. The average molecular weight is 217 g/mol. The zero-order valence-electron chi connectivity index (χ0n) is 8.93. The number of aryl methyl sites for hydroxylation is 1. The van der Waals surface area contributed by atoms with Crippen molar-refractivity contribution >= 4 is 5.95 Å². The number of benzene rings is 1. The van der Waals surface area contributed by atoms with Crippen molar-refractivity contribution in [1.29, 1.82) is 0 Å². The van der Waals surface area contributed by atoms with Crippen LogP contribution in [0.15, 0.2) is 30.3 Å². The molecule has 0 spiro atoms. The molecule has 0 amide bonds. The van der Waals surface area contributed by atoms with Crippen LogP contribution in [0.5, 0.6) is 0 Å². The molecule has 0 saturated carbocycles. The van der Waals surface area contributed by atoms with Gasteiger partial charge in [0.1, 0.15) is 5.82 Å². The van der Waals surface area contributed by atoms with E-state index in [1.807, 2.05) is 18.2 Å². The lowest BCUT2D eigenvalue weighted by Gasteiger charge is -2.07. The molecule has 0 bridgehead atoms. The van der Waals surface area contributed by atoms with Gasteiger partial charge in [-0.2, -0.15) is 4.98 Å². The Balaban J connectivity index is 1.91. The second-order valence-corrected chi connectivity index (χ2v) is 3.71. The van der Waals surface area contributed by atoms with Gasteiger partial charge in [0.05, 0.1) is 6.04 Å². The van der Waals surface area contributed by atoms with Gasteiger partial charge in [-0.25, -0.2) is 0 Å². The molecule has 5 N–H and O–H groups in total. The molecule has 5 heteroatoms. The molecule has 1 aromatic carbocycles. The van der Waals surface area contributed by atoms with Gasteiger partial charge in [-0.1, -0.05) is 30.3 Å². The molecule has 0 saturated heterocycles. The Morgan fingerprint density at radius 2 is 2.00 bits per heavy atom. The Bertz CT molecular complexity index is 437. The van der Waals surface area contributed by atoms with E-state index in [9.17, 15) is 0 Å². The van der Waals surface area contributed by atoms with Crippen molar-refractivity contribution in [3.05, 3.63) is 41.7 Å². The number of nitrogens with one attached hydrogen (secondary N) is 1. The highest BCUT2D eigenvalue weighted by Gasteiger charge is 2.10. The van der Waals surface area contributed by atoms with Gasteiger partial charge in [0, 0.05) is 0 Å². The lowest BCUT2D eigenvalue weighted by Crippen LogP contribution is -2.13. The van der Waals surface area contributed by atoms with Gasteiger partial charge in [0.15, 0.2) is 0 Å². The highest BCUT2D eigenvalue weighted by atomic mass is 15.3. The number of nitrogens with two attached hydrogens (primary N) is 2. The van der Waals surface area contributed by atoms with Crippen molar-refractivity contribution in [1.82, 2.24) is 15.2 Å². The van der Waals surface area contributed by atoms with Gasteiger partial charge in [-0.05, 0) is 18.4 Å². The minimum atomic E-state index is -0.148. The summed E-state index contributed by atoms with van der Waals surface area (Å²) in [4.78, 5) is 4.01. The highest BCUT2D eigenvalue weighted by Crippen LogP contribution is 2.13. The van der Waals surface area contributed by atoms with Crippen LogP contribution in [0.2, 0.25) is 0 Å². The van der Waals surface area contributed by atoms with Crippen molar-refractivity contribution in [2.75, 3.05) is 5.73 Å². The third kappa shape index (κ3) is 2.58. The summed E-state index contributed by atoms with van der Waals surface area (Å²) in [5, 5.41) is 6.48. The molecular weight excluding hydrogens is 202 g/mol. The molecule has 0 radical (unpaired) electrons. The van der Waals surface area contributed by atoms with E-state index in [1.165, 1.54) is 5.56 Å². The van der Waals surface area contributed by atoms with Gasteiger partial charge in [-0.3, -0.25) is 5.10 Å². The van der Waals surface area contributed by atoms with Crippen molar-refractivity contribution < 1.29 is 0 Å². The Hall–Kier alpha value is -1.88. The summed E-state index contributed by atoms with van der Waals surface area (Å²) in [6.45, 7) is 0. The number of anilines is 1. The number of H-pyrrole nitrogens is 1. The minimum absolute atomic E-state index is 0.148. The Morgan fingerprint density at radius 3 is 2.62 bits per heavy atom. The quantitative estimate of drug-likeness (QED) is 0.712. The van der Waals surface area contributed by atoms with Crippen molar-refractivity contribution in [3.8, 4) is 0 Å². The summed E-state index contributed by atoms with van der Waals surface area (Å²) in [7, 11) is 0. The monoisotopic (exact) mass is 217 g/mol. The van der Waals surface area contributed by atoms with Crippen LogP contribution < -0.4 is 11.5 Å². The van der Waals surface area contributed by atoms with E-state index in [0.717, 1.165) is 12.8 Å². The number of aromatic nitrogens is 3. The number of hydrogen-bond acceptors (Lipinski definition) is 4. The number of aromatic amines is 1. The molecule has 1 aromatic heterocycles. The highest BCUT2D eigenvalue weighted by molar-refractivity contribution is 5.16. The standard InChI is InChI=1S/C11H15N5/c12-9(10-14-11(13)16-15-10)7-6-8-4-2-1-3-5-8/h1-5,9H,6-7,12H2,(H3,13,14,15,16). The molecule has 84 valence electrons. The van der Waals surface area contributed by atoms with Crippen molar-refractivity contribution in [2.45, 2.75) is 18.9 Å². The molecule has 2 aromatic rings. The molecule has 16 heavy (non-hydrogen) atoms. The second-order valence-electron chi connectivity index (χ2n) is 3.71. The fraction of sp³-hybridized carbons (Fsp3) is 0.273. The molecule has 2 rings (SSSR count). The van der Waals surface area contributed by atoms with Crippen LogP contribution in [0.25, 0.3) is 0 Å². The largest absolute Gasteiger partial charge is 0.367 e. The maximum Gasteiger partial charge on any atom is 0.239 e. The van der Waals surface area contributed by atoms with E-state index in [0.29, 0.717) is 5.82 Å². The van der Waals surface area contributed by atoms with Crippen LogP contribution in [0.4, 0.5) is 5.95 Å². The Labute approximate surface area is 93.9 Å². The number of rotatable bonds is 4. The summed E-state index contributed by atoms with van der Waals surface area (Å²) < 4.78 is 0. The zero-order chi connectivity index (χ0) is 11.4. The normalized spacial score (nSPS) is 12.6. The van der Waals surface area contributed by atoms with E-state index in [1.54, 1.807) is 0 Å². The maximum atomic E-state index is 5.97. The van der Waals surface area contributed by atoms with E-state index >= 15 is 0 Å². The summed E-state index contributed by atoms with van der Waals surface area (Å²) in [6.07, 6.45) is 1.74. The van der Waals surface area contributed by atoms with Crippen LogP contribution in [0.1, 0.15) is 23.9 Å². The number of nitrogen functional groups attached to an aromatic ring is 1. The van der Waals surface area contributed by atoms with Crippen LogP contribution in [0.3, 0.4) is 0 Å². The molecule has 0 aliphatic carbocycles. The van der Waals surface area contributed by atoms with E-state index in [-0.39, 0.29) is 12.0 Å². The maximum absolute atomic E-state index is 5.97. The van der Waals surface area contributed by atoms with Gasteiger partial charge in [-0.15, -0.1) is 5.10 Å². The third-order valence-corrected chi connectivity index (χ3v) is 2.46. The molecule has 0 aliphatic heterocycles. The molecule has 0 aliphatic rings. The fourth-order valence-corrected chi connectivity index (χ4v) is 1.56. The molecular formula is C11H15N5. The average Bonchev–Trinajstić information content (AvgIpc) is 2.74. The second kappa shape index (κ2) is 4.76. The van der Waals surface area contributed by atoms with Crippen LogP contribution in [0, 0.1) is 0 Å².